The molecule has 0 atom stereocenters. The lowest BCUT2D eigenvalue weighted by Gasteiger charge is -1.82. The Hall–Kier alpha value is -1.60. The highest BCUT2D eigenvalue weighted by Gasteiger charge is 1.86. The highest BCUT2D eigenvalue weighted by Crippen LogP contribution is 2.03. The van der Waals surface area contributed by atoms with Crippen molar-refractivity contribution in [2.75, 3.05) is 0 Å². The number of para-hydroxylation sites is 2. The Bertz CT molecular complexity index is 353. The van der Waals surface area contributed by atoms with Crippen LogP contribution in [0.1, 0.15) is 0 Å². The van der Waals surface area contributed by atoms with E-state index in [4.69, 9.17) is 22.8 Å². The molecule has 6 heteroatoms. The van der Waals surface area contributed by atoms with Gasteiger partial charge in [0.1, 0.15) is 11.5 Å². The van der Waals surface area contributed by atoms with E-state index in [9.17, 15) is 0 Å². The van der Waals surface area contributed by atoms with Gasteiger partial charge >= 0.3 is 14.8 Å². The van der Waals surface area contributed by atoms with Crippen molar-refractivity contribution < 1.29 is 37.6 Å². The second-order valence-corrected chi connectivity index (χ2v) is 3.72. The maximum Gasteiger partial charge on any atom is 0.433 e. The number of hydrogen-bond acceptors (Lipinski definition) is 5. The first-order chi connectivity index (χ1) is 8.52. The molecular weight excluding hydrogens is 304 g/mol. The Morgan fingerprint density at radius 3 is 1.00 bits per heavy atom. The summed E-state index contributed by atoms with van der Waals surface area (Å²) < 4.78 is 24.3. The quantitative estimate of drug-likeness (QED) is 0.626. The molecule has 3 N–H and O–H groups in total. The Kier molecular flexibility index (Phi) is 9.61. The third kappa shape index (κ3) is 12.5. The molecule has 0 aromatic heterocycles. The van der Waals surface area contributed by atoms with Crippen LogP contribution in [-0.2, 0) is 0 Å². The van der Waals surface area contributed by atoms with Crippen molar-refractivity contribution in [2.24, 2.45) is 0 Å². The minimum Gasteiger partial charge on any atom is -0.508 e. The number of aromatic hydroxyl groups is 2. The van der Waals surface area contributed by atoms with Crippen molar-refractivity contribution in [3.63, 3.8) is 0 Å². The fourth-order valence-corrected chi connectivity index (χ4v) is 0.856. The lowest BCUT2D eigenvalue weighted by Crippen LogP contribution is -2.30. The second-order valence-electron chi connectivity index (χ2n) is 2.87. The van der Waals surface area contributed by atoms with Gasteiger partial charge < -0.3 is 18.6 Å². The summed E-state index contributed by atoms with van der Waals surface area (Å²) >= 11 is -3.40. The van der Waals surface area contributed by atoms with Crippen LogP contribution >= 0.6 is 0 Å². The first kappa shape index (κ1) is 16.4. The van der Waals surface area contributed by atoms with E-state index in [-0.39, 0.29) is 0 Å². The monoisotopic (exact) mass is 316 g/mol. The SMILES string of the molecule is Oc1ccccc1.Oc1ccccc1.[O-][Br+2]([O-])O. The van der Waals surface area contributed by atoms with Crippen LogP contribution in [-0.4, -0.2) is 14.4 Å². The summed E-state index contributed by atoms with van der Waals surface area (Å²) in [6.07, 6.45) is 0. The number of benzene rings is 2. The molecule has 18 heavy (non-hydrogen) atoms. The molecule has 0 heterocycles. The topological polar surface area (TPSA) is 107 Å². The van der Waals surface area contributed by atoms with Crippen LogP contribution in [0, 0.1) is 14.8 Å². The van der Waals surface area contributed by atoms with Gasteiger partial charge in [-0.1, -0.05) is 36.4 Å². The van der Waals surface area contributed by atoms with Gasteiger partial charge in [-0.05, 0) is 28.5 Å². The first-order valence-corrected chi connectivity index (χ1v) is 6.75. The van der Waals surface area contributed by atoms with Crippen LogP contribution in [0.5, 0.6) is 11.5 Å². The maximum atomic E-state index is 8.63. The van der Waals surface area contributed by atoms with Gasteiger partial charge in [0.05, 0.1) is 0 Å². The summed E-state index contributed by atoms with van der Waals surface area (Å²) in [5.41, 5.74) is 0. The molecule has 0 aliphatic rings. The molecule has 5 nitrogen and oxygen atoms in total. The van der Waals surface area contributed by atoms with E-state index in [1.807, 2.05) is 12.1 Å². The van der Waals surface area contributed by atoms with Gasteiger partial charge in [0.15, 0.2) is 0 Å². The molecule has 0 unspecified atom stereocenters. The molecule has 2 aromatic rings. The van der Waals surface area contributed by atoms with Crippen molar-refractivity contribution in [3.05, 3.63) is 60.7 Å². The lowest BCUT2D eigenvalue weighted by molar-refractivity contribution is -1.63. The maximum absolute atomic E-state index is 8.63. The predicted octanol–water partition coefficient (Wildman–Crippen LogP) is -0.151. The first-order valence-electron chi connectivity index (χ1n) is 4.75. The molecular formula is C12H13BrO5. The van der Waals surface area contributed by atoms with Crippen LogP contribution in [0.4, 0.5) is 0 Å². The lowest BCUT2D eigenvalue weighted by atomic mass is 10.3. The molecule has 0 saturated carbocycles. The molecule has 0 saturated heterocycles. The second kappa shape index (κ2) is 10.5. The Morgan fingerprint density at radius 1 is 0.667 bits per heavy atom. The van der Waals surface area contributed by atoms with Gasteiger partial charge in [0, 0.05) is 0 Å². The average molecular weight is 317 g/mol. The molecule has 98 valence electrons. The normalized spacial score (nSPS) is 8.67. The molecule has 0 aliphatic heterocycles. The standard InChI is InChI=1S/2C6H6O.BrHO3/c2*7-6-4-2-1-3-5-6;2-1(3)4/h2*1-5,7H;2H. The van der Waals surface area contributed by atoms with Gasteiger partial charge in [0.2, 0.25) is 0 Å². The fraction of sp³-hybridized carbons (Fsp3) is 0. The van der Waals surface area contributed by atoms with E-state index in [1.54, 1.807) is 48.5 Å². The molecule has 2 aromatic carbocycles. The highest BCUT2D eigenvalue weighted by molar-refractivity contribution is 5.19. The summed E-state index contributed by atoms with van der Waals surface area (Å²) in [5, 5.41) is 17.3. The van der Waals surface area contributed by atoms with Gasteiger partial charge in [-0.15, -0.1) is 0 Å². The Morgan fingerprint density at radius 2 is 0.889 bits per heavy atom. The van der Waals surface area contributed by atoms with Crippen LogP contribution in [0.15, 0.2) is 60.7 Å². The number of halogens is 1. The highest BCUT2D eigenvalue weighted by atomic mass is 80.0. The smallest absolute Gasteiger partial charge is 0.433 e. The van der Waals surface area contributed by atoms with Gasteiger partial charge in [0.25, 0.3) is 0 Å². The number of phenolic OH excluding ortho intramolecular Hbond substituents is 2. The third-order valence-electron chi connectivity index (χ3n) is 1.51. The molecule has 0 aliphatic carbocycles. The van der Waals surface area contributed by atoms with Crippen molar-refractivity contribution >= 4 is 0 Å². The van der Waals surface area contributed by atoms with Crippen molar-refractivity contribution in [1.29, 1.82) is 0 Å². The van der Waals surface area contributed by atoms with Crippen molar-refractivity contribution in [3.8, 4) is 11.5 Å². The summed E-state index contributed by atoms with van der Waals surface area (Å²) in [7, 11) is 0. The summed E-state index contributed by atoms with van der Waals surface area (Å²) in [5.74, 6) is 0.644. The number of phenols is 2. The molecule has 0 amide bonds. The van der Waals surface area contributed by atoms with E-state index >= 15 is 0 Å². The number of rotatable bonds is 0. The zero-order valence-corrected chi connectivity index (χ0v) is 10.9. The molecule has 0 fully saturated rings. The predicted molar refractivity (Wildman–Crippen MR) is 58.4 cm³/mol. The fourth-order valence-electron chi connectivity index (χ4n) is 0.856. The minimum atomic E-state index is -3.40. The van der Waals surface area contributed by atoms with Crippen LogP contribution in [0.3, 0.4) is 0 Å². The Labute approximate surface area is 110 Å². The van der Waals surface area contributed by atoms with Crippen LogP contribution < -0.4 is 8.40 Å². The van der Waals surface area contributed by atoms with E-state index in [1.165, 1.54) is 0 Å². The van der Waals surface area contributed by atoms with E-state index in [0.717, 1.165) is 0 Å². The van der Waals surface area contributed by atoms with E-state index in [2.05, 4.69) is 0 Å². The van der Waals surface area contributed by atoms with Gasteiger partial charge in [-0.25, -0.2) is 0 Å². The minimum absolute atomic E-state index is 0.322. The van der Waals surface area contributed by atoms with Crippen molar-refractivity contribution in [1.82, 2.24) is 0 Å². The Balaban J connectivity index is 0.000000253. The average Bonchev–Trinajstić information content (AvgIpc) is 2.31. The zero-order valence-electron chi connectivity index (χ0n) is 9.31. The summed E-state index contributed by atoms with van der Waals surface area (Å²) in [4.78, 5) is 0. The van der Waals surface area contributed by atoms with Crippen LogP contribution in [0.2, 0.25) is 0 Å². The molecule has 0 radical (unpaired) electrons. The number of hydrogen-bond donors (Lipinski definition) is 3. The summed E-state index contributed by atoms with van der Waals surface area (Å²) in [6, 6.07) is 17.4. The van der Waals surface area contributed by atoms with E-state index < -0.39 is 14.8 Å². The van der Waals surface area contributed by atoms with E-state index in [0.29, 0.717) is 11.5 Å². The van der Waals surface area contributed by atoms with Crippen molar-refractivity contribution in [2.45, 2.75) is 0 Å². The zero-order chi connectivity index (χ0) is 13.8. The largest absolute Gasteiger partial charge is 0.508 e. The third-order valence-corrected chi connectivity index (χ3v) is 1.51. The van der Waals surface area contributed by atoms with Gasteiger partial charge in [-0.2, -0.15) is 0 Å². The molecule has 0 bridgehead atoms. The van der Waals surface area contributed by atoms with Gasteiger partial charge in [-0.3, -0.25) is 0 Å². The van der Waals surface area contributed by atoms with Crippen LogP contribution in [0.25, 0.3) is 0 Å². The summed E-state index contributed by atoms with van der Waals surface area (Å²) in [6.45, 7) is 0. The molecule has 0 spiro atoms. The molecule has 2 rings (SSSR count).